The molecule has 0 N–H and O–H groups in total. The van der Waals surface area contributed by atoms with Gasteiger partial charge in [-0.1, -0.05) is 32.0 Å². The summed E-state index contributed by atoms with van der Waals surface area (Å²) in [7, 11) is 0. The summed E-state index contributed by atoms with van der Waals surface area (Å²) >= 11 is 0. The molecule has 1 heteroatoms. The van der Waals surface area contributed by atoms with Crippen molar-refractivity contribution in [1.29, 1.82) is 0 Å². The first kappa shape index (κ1) is 11.3. The standard InChI is InChI=1S/C11H14O.C2H6/c1-8-5-4-6-10-9(8)7-12-11(10,2)3;1-2/h4-6H,7H2,1-3H3;1-2H3. The number of ether oxygens (including phenoxy) is 1. The summed E-state index contributed by atoms with van der Waals surface area (Å²) < 4.78 is 5.69. The second-order valence-corrected chi connectivity index (χ2v) is 3.90. The van der Waals surface area contributed by atoms with E-state index < -0.39 is 0 Å². The summed E-state index contributed by atoms with van der Waals surface area (Å²) in [5, 5.41) is 0. The minimum atomic E-state index is -0.0820. The lowest BCUT2D eigenvalue weighted by Gasteiger charge is -2.18. The molecular formula is C13H20O. The molecule has 0 fully saturated rings. The third-order valence-electron chi connectivity index (χ3n) is 2.64. The van der Waals surface area contributed by atoms with Crippen molar-refractivity contribution in [2.24, 2.45) is 0 Å². The zero-order valence-electron chi connectivity index (χ0n) is 9.85. The van der Waals surface area contributed by atoms with Gasteiger partial charge < -0.3 is 4.74 Å². The molecule has 1 aromatic carbocycles. The van der Waals surface area contributed by atoms with Crippen LogP contribution in [0.1, 0.15) is 44.4 Å². The largest absolute Gasteiger partial charge is 0.366 e. The van der Waals surface area contributed by atoms with Crippen LogP contribution in [-0.4, -0.2) is 0 Å². The topological polar surface area (TPSA) is 9.23 Å². The van der Waals surface area contributed by atoms with Crippen LogP contribution in [0.5, 0.6) is 0 Å². The van der Waals surface area contributed by atoms with Crippen LogP contribution < -0.4 is 0 Å². The van der Waals surface area contributed by atoms with Gasteiger partial charge in [0, 0.05) is 0 Å². The van der Waals surface area contributed by atoms with Crippen LogP contribution in [0.2, 0.25) is 0 Å². The van der Waals surface area contributed by atoms with E-state index in [9.17, 15) is 0 Å². The summed E-state index contributed by atoms with van der Waals surface area (Å²) in [6, 6.07) is 6.41. The van der Waals surface area contributed by atoms with Crippen LogP contribution in [0.25, 0.3) is 0 Å². The Hall–Kier alpha value is -0.820. The zero-order valence-corrected chi connectivity index (χ0v) is 9.85. The number of fused-ring (bicyclic) bond motifs is 1. The molecule has 1 aliphatic heterocycles. The quantitative estimate of drug-likeness (QED) is 0.607. The van der Waals surface area contributed by atoms with E-state index in [2.05, 4.69) is 39.0 Å². The highest BCUT2D eigenvalue weighted by Gasteiger charge is 2.30. The second kappa shape index (κ2) is 4.14. The molecule has 1 aromatic rings. The fourth-order valence-electron chi connectivity index (χ4n) is 1.79. The van der Waals surface area contributed by atoms with Gasteiger partial charge in [-0.05, 0) is 37.5 Å². The minimum absolute atomic E-state index is 0.0820. The van der Waals surface area contributed by atoms with E-state index in [1.165, 1.54) is 16.7 Å². The molecule has 1 aliphatic rings. The number of benzene rings is 1. The van der Waals surface area contributed by atoms with Gasteiger partial charge >= 0.3 is 0 Å². The van der Waals surface area contributed by atoms with Crippen molar-refractivity contribution in [2.75, 3.05) is 0 Å². The number of aryl methyl sites for hydroxylation is 1. The molecule has 0 bridgehead atoms. The molecule has 0 aromatic heterocycles. The van der Waals surface area contributed by atoms with Crippen molar-refractivity contribution in [1.82, 2.24) is 0 Å². The average molecular weight is 192 g/mol. The Bertz CT molecular complexity index is 313. The van der Waals surface area contributed by atoms with Crippen LogP contribution in [0.3, 0.4) is 0 Å². The Balaban J connectivity index is 0.000000461. The van der Waals surface area contributed by atoms with Gasteiger partial charge in [-0.3, -0.25) is 0 Å². The molecule has 0 unspecified atom stereocenters. The van der Waals surface area contributed by atoms with Crippen molar-refractivity contribution in [3.05, 3.63) is 34.9 Å². The molecule has 0 radical (unpaired) electrons. The number of hydrogen-bond acceptors (Lipinski definition) is 1. The maximum Gasteiger partial charge on any atom is 0.0883 e. The molecule has 0 saturated carbocycles. The average Bonchev–Trinajstić information content (AvgIpc) is 2.48. The van der Waals surface area contributed by atoms with E-state index in [0.29, 0.717) is 0 Å². The maximum absolute atomic E-state index is 5.69. The first-order chi connectivity index (χ1) is 6.61. The molecule has 14 heavy (non-hydrogen) atoms. The van der Waals surface area contributed by atoms with Gasteiger partial charge in [0.05, 0.1) is 12.2 Å². The fraction of sp³-hybridized carbons (Fsp3) is 0.538. The summed E-state index contributed by atoms with van der Waals surface area (Å²) in [4.78, 5) is 0. The van der Waals surface area contributed by atoms with Crippen molar-refractivity contribution >= 4 is 0 Å². The van der Waals surface area contributed by atoms with Gasteiger partial charge in [0.15, 0.2) is 0 Å². The van der Waals surface area contributed by atoms with Crippen molar-refractivity contribution in [3.8, 4) is 0 Å². The summed E-state index contributed by atoms with van der Waals surface area (Å²) in [6.45, 7) is 11.2. The molecular weight excluding hydrogens is 172 g/mol. The monoisotopic (exact) mass is 192 g/mol. The van der Waals surface area contributed by atoms with Crippen LogP contribution in [0, 0.1) is 6.92 Å². The maximum atomic E-state index is 5.69. The van der Waals surface area contributed by atoms with Crippen LogP contribution in [0.15, 0.2) is 18.2 Å². The van der Waals surface area contributed by atoms with Crippen molar-refractivity contribution in [2.45, 2.75) is 46.8 Å². The third-order valence-corrected chi connectivity index (χ3v) is 2.64. The molecule has 0 aliphatic carbocycles. The smallest absolute Gasteiger partial charge is 0.0883 e. The van der Waals surface area contributed by atoms with Gasteiger partial charge in [0.1, 0.15) is 0 Å². The van der Waals surface area contributed by atoms with E-state index in [-0.39, 0.29) is 5.60 Å². The van der Waals surface area contributed by atoms with Crippen molar-refractivity contribution < 1.29 is 4.74 Å². The Morgan fingerprint density at radius 3 is 2.43 bits per heavy atom. The summed E-state index contributed by atoms with van der Waals surface area (Å²) in [5.41, 5.74) is 3.99. The van der Waals surface area contributed by atoms with E-state index in [1.54, 1.807) is 0 Å². The third kappa shape index (κ3) is 1.83. The van der Waals surface area contributed by atoms with Crippen molar-refractivity contribution in [3.63, 3.8) is 0 Å². The van der Waals surface area contributed by atoms with Gasteiger partial charge in [-0.2, -0.15) is 0 Å². The van der Waals surface area contributed by atoms with E-state index in [4.69, 9.17) is 4.74 Å². The highest BCUT2D eigenvalue weighted by atomic mass is 16.5. The highest BCUT2D eigenvalue weighted by Crippen LogP contribution is 2.36. The Morgan fingerprint density at radius 2 is 1.86 bits per heavy atom. The molecule has 78 valence electrons. The Labute approximate surface area is 87.1 Å². The van der Waals surface area contributed by atoms with Crippen LogP contribution in [-0.2, 0) is 16.9 Å². The lowest BCUT2D eigenvalue weighted by Crippen LogP contribution is -2.14. The van der Waals surface area contributed by atoms with Gasteiger partial charge in [0.2, 0.25) is 0 Å². The predicted octanol–water partition coefficient (Wildman–Crippen LogP) is 3.79. The minimum Gasteiger partial charge on any atom is -0.366 e. The fourth-order valence-corrected chi connectivity index (χ4v) is 1.79. The van der Waals surface area contributed by atoms with Gasteiger partial charge in [0.25, 0.3) is 0 Å². The van der Waals surface area contributed by atoms with Crippen LogP contribution in [0.4, 0.5) is 0 Å². The number of hydrogen-bond donors (Lipinski definition) is 0. The molecule has 1 heterocycles. The first-order valence-corrected chi connectivity index (χ1v) is 5.34. The SMILES string of the molecule is CC.Cc1cccc2c1COC2(C)C. The summed E-state index contributed by atoms with van der Waals surface area (Å²) in [6.07, 6.45) is 0. The molecule has 0 spiro atoms. The predicted molar refractivity (Wildman–Crippen MR) is 60.3 cm³/mol. The molecule has 1 nitrogen and oxygen atoms in total. The lowest BCUT2D eigenvalue weighted by atomic mass is 9.94. The number of rotatable bonds is 0. The molecule has 0 atom stereocenters. The molecule has 2 rings (SSSR count). The normalized spacial score (nSPS) is 16.9. The van der Waals surface area contributed by atoms with E-state index in [1.807, 2.05) is 13.8 Å². The van der Waals surface area contributed by atoms with Crippen LogP contribution >= 0.6 is 0 Å². The lowest BCUT2D eigenvalue weighted by molar-refractivity contribution is -0.00795. The first-order valence-electron chi connectivity index (χ1n) is 5.34. The Kier molecular flexibility index (Phi) is 3.33. The highest BCUT2D eigenvalue weighted by molar-refractivity contribution is 5.39. The van der Waals surface area contributed by atoms with E-state index in [0.717, 1.165) is 6.61 Å². The Morgan fingerprint density at radius 1 is 1.21 bits per heavy atom. The molecule has 0 amide bonds. The second-order valence-electron chi connectivity index (χ2n) is 3.90. The van der Waals surface area contributed by atoms with E-state index >= 15 is 0 Å². The summed E-state index contributed by atoms with van der Waals surface area (Å²) in [5.74, 6) is 0. The molecule has 0 saturated heterocycles. The van der Waals surface area contributed by atoms with Gasteiger partial charge in [-0.15, -0.1) is 0 Å². The zero-order chi connectivity index (χ0) is 10.8. The van der Waals surface area contributed by atoms with Gasteiger partial charge in [-0.25, -0.2) is 0 Å².